The summed E-state index contributed by atoms with van der Waals surface area (Å²) in [5.41, 5.74) is 6.93. The minimum absolute atomic E-state index is 0.0151. The van der Waals surface area contributed by atoms with E-state index in [-0.39, 0.29) is 5.91 Å². The third-order valence-corrected chi connectivity index (χ3v) is 2.48. The van der Waals surface area contributed by atoms with E-state index in [2.05, 4.69) is 19.2 Å². The molecule has 17 heavy (non-hydrogen) atoms. The van der Waals surface area contributed by atoms with Crippen molar-refractivity contribution in [2.24, 2.45) is 5.92 Å². The highest BCUT2D eigenvalue weighted by Gasteiger charge is 2.07. The van der Waals surface area contributed by atoms with Crippen LogP contribution in [-0.2, 0) is 4.79 Å². The lowest BCUT2D eigenvalue weighted by molar-refractivity contribution is -0.116. The maximum Gasteiger partial charge on any atom is 0.224 e. The predicted octanol–water partition coefficient (Wildman–Crippen LogP) is 2.65. The second-order valence-electron chi connectivity index (χ2n) is 4.43. The summed E-state index contributed by atoms with van der Waals surface area (Å²) in [6.07, 6.45) is 1.38. The molecule has 0 bridgehead atoms. The zero-order valence-electron chi connectivity index (χ0n) is 10.6. The van der Waals surface area contributed by atoms with Gasteiger partial charge >= 0.3 is 0 Å². The molecule has 0 radical (unpaired) electrons. The van der Waals surface area contributed by atoms with Crippen molar-refractivity contribution >= 4 is 17.3 Å². The standard InChI is InChI=1S/C13H20N2O2/c1-9(2)4-7-13(16)15-12-8-10(17-3)5-6-11(12)14/h5-6,8-9H,4,7,14H2,1-3H3,(H,15,16). The number of carbonyl (C=O) groups excluding carboxylic acids is 1. The van der Waals surface area contributed by atoms with Crippen LogP contribution in [0, 0.1) is 5.92 Å². The lowest BCUT2D eigenvalue weighted by Gasteiger charge is -2.10. The van der Waals surface area contributed by atoms with Gasteiger partial charge in [-0.1, -0.05) is 13.8 Å². The first-order valence-corrected chi connectivity index (χ1v) is 5.76. The number of nitrogens with two attached hydrogens (primary N) is 1. The van der Waals surface area contributed by atoms with Crippen molar-refractivity contribution in [1.82, 2.24) is 0 Å². The quantitative estimate of drug-likeness (QED) is 0.772. The van der Waals surface area contributed by atoms with Crippen molar-refractivity contribution in [3.05, 3.63) is 18.2 Å². The van der Waals surface area contributed by atoms with Crippen LogP contribution in [0.3, 0.4) is 0 Å². The van der Waals surface area contributed by atoms with Crippen LogP contribution in [0.4, 0.5) is 11.4 Å². The normalized spacial score (nSPS) is 10.4. The van der Waals surface area contributed by atoms with Gasteiger partial charge in [0.1, 0.15) is 5.75 Å². The van der Waals surface area contributed by atoms with Crippen molar-refractivity contribution in [2.75, 3.05) is 18.2 Å². The van der Waals surface area contributed by atoms with Crippen molar-refractivity contribution in [2.45, 2.75) is 26.7 Å². The summed E-state index contributed by atoms with van der Waals surface area (Å²) in [7, 11) is 1.58. The van der Waals surface area contributed by atoms with Crippen LogP contribution in [0.1, 0.15) is 26.7 Å². The molecule has 0 aliphatic heterocycles. The van der Waals surface area contributed by atoms with E-state index in [0.717, 1.165) is 6.42 Å². The van der Waals surface area contributed by atoms with Gasteiger partial charge in [-0.3, -0.25) is 4.79 Å². The van der Waals surface area contributed by atoms with E-state index in [0.29, 0.717) is 29.5 Å². The summed E-state index contributed by atoms with van der Waals surface area (Å²) in [5, 5.41) is 2.80. The number of ether oxygens (including phenoxy) is 1. The number of benzene rings is 1. The maximum atomic E-state index is 11.7. The van der Waals surface area contributed by atoms with Gasteiger partial charge in [0.15, 0.2) is 0 Å². The molecule has 3 N–H and O–H groups in total. The van der Waals surface area contributed by atoms with Crippen LogP contribution in [0.25, 0.3) is 0 Å². The molecule has 0 heterocycles. The molecule has 4 heteroatoms. The lowest BCUT2D eigenvalue weighted by Crippen LogP contribution is -2.13. The van der Waals surface area contributed by atoms with E-state index in [1.165, 1.54) is 0 Å². The van der Waals surface area contributed by atoms with E-state index in [1.807, 2.05) is 0 Å². The van der Waals surface area contributed by atoms with Crippen LogP contribution < -0.4 is 15.8 Å². The average molecular weight is 236 g/mol. The molecule has 0 fully saturated rings. The first kappa shape index (κ1) is 13.4. The molecular weight excluding hydrogens is 216 g/mol. The number of carbonyl (C=O) groups is 1. The van der Waals surface area contributed by atoms with Gasteiger partial charge in [-0.15, -0.1) is 0 Å². The van der Waals surface area contributed by atoms with Crippen LogP contribution in [0.15, 0.2) is 18.2 Å². The van der Waals surface area contributed by atoms with Gasteiger partial charge < -0.3 is 15.8 Å². The third-order valence-electron chi connectivity index (χ3n) is 2.48. The fraction of sp³-hybridized carbons (Fsp3) is 0.462. The van der Waals surface area contributed by atoms with Gasteiger partial charge in [0.05, 0.1) is 18.5 Å². The summed E-state index contributed by atoms with van der Waals surface area (Å²) < 4.78 is 5.08. The van der Waals surface area contributed by atoms with E-state index < -0.39 is 0 Å². The molecule has 0 unspecified atom stereocenters. The number of methoxy groups -OCH3 is 1. The third kappa shape index (κ3) is 4.34. The Bertz CT molecular complexity index is 389. The Kier molecular flexibility index (Phi) is 4.82. The summed E-state index contributed by atoms with van der Waals surface area (Å²) in [5.74, 6) is 1.18. The Hall–Kier alpha value is -1.71. The molecule has 0 saturated carbocycles. The zero-order chi connectivity index (χ0) is 12.8. The van der Waals surface area contributed by atoms with E-state index in [4.69, 9.17) is 10.5 Å². The minimum Gasteiger partial charge on any atom is -0.497 e. The number of anilines is 2. The molecule has 4 nitrogen and oxygen atoms in total. The van der Waals surface area contributed by atoms with Gasteiger partial charge in [0.2, 0.25) is 5.91 Å². The van der Waals surface area contributed by atoms with Crippen LogP contribution in [-0.4, -0.2) is 13.0 Å². The fourth-order valence-electron chi connectivity index (χ4n) is 1.40. The molecule has 94 valence electrons. The summed E-state index contributed by atoms with van der Waals surface area (Å²) in [6, 6.07) is 5.21. The SMILES string of the molecule is COc1ccc(N)c(NC(=O)CCC(C)C)c1. The number of hydrogen-bond acceptors (Lipinski definition) is 3. The van der Waals surface area contributed by atoms with Gasteiger partial charge in [-0.2, -0.15) is 0 Å². The Labute approximate surface area is 102 Å². The van der Waals surface area contributed by atoms with Crippen LogP contribution in [0.5, 0.6) is 5.75 Å². The number of hydrogen-bond donors (Lipinski definition) is 2. The van der Waals surface area contributed by atoms with Gasteiger partial charge in [0.25, 0.3) is 0 Å². The predicted molar refractivity (Wildman–Crippen MR) is 70.1 cm³/mol. The summed E-state index contributed by atoms with van der Waals surface area (Å²) in [6.45, 7) is 4.18. The average Bonchev–Trinajstić information content (AvgIpc) is 2.29. The summed E-state index contributed by atoms with van der Waals surface area (Å²) >= 11 is 0. The number of nitrogen functional groups attached to an aromatic ring is 1. The van der Waals surface area contributed by atoms with Gasteiger partial charge in [-0.05, 0) is 24.5 Å². The van der Waals surface area contributed by atoms with Crippen molar-refractivity contribution in [3.8, 4) is 5.75 Å². The monoisotopic (exact) mass is 236 g/mol. The van der Waals surface area contributed by atoms with Crippen molar-refractivity contribution in [3.63, 3.8) is 0 Å². The molecule has 0 aromatic heterocycles. The molecule has 0 saturated heterocycles. The molecule has 0 aliphatic rings. The van der Waals surface area contributed by atoms with E-state index in [1.54, 1.807) is 25.3 Å². The summed E-state index contributed by atoms with van der Waals surface area (Å²) in [4.78, 5) is 11.7. The smallest absolute Gasteiger partial charge is 0.224 e. The van der Waals surface area contributed by atoms with Crippen molar-refractivity contribution < 1.29 is 9.53 Å². The number of amides is 1. The highest BCUT2D eigenvalue weighted by Crippen LogP contribution is 2.24. The van der Waals surface area contributed by atoms with E-state index in [9.17, 15) is 4.79 Å². The Morgan fingerprint density at radius 2 is 2.18 bits per heavy atom. The lowest BCUT2D eigenvalue weighted by atomic mass is 10.1. The zero-order valence-corrected chi connectivity index (χ0v) is 10.6. The number of nitrogens with one attached hydrogen (secondary N) is 1. The second kappa shape index (κ2) is 6.13. The second-order valence-corrected chi connectivity index (χ2v) is 4.43. The molecule has 1 aromatic carbocycles. The molecule has 0 aliphatic carbocycles. The minimum atomic E-state index is -0.0151. The molecular formula is C13H20N2O2. The van der Waals surface area contributed by atoms with Crippen LogP contribution >= 0.6 is 0 Å². The highest BCUT2D eigenvalue weighted by molar-refractivity contribution is 5.94. The molecule has 0 spiro atoms. The van der Waals surface area contributed by atoms with Gasteiger partial charge in [-0.25, -0.2) is 0 Å². The molecule has 1 amide bonds. The molecule has 1 rings (SSSR count). The fourth-order valence-corrected chi connectivity index (χ4v) is 1.40. The molecule has 0 atom stereocenters. The largest absolute Gasteiger partial charge is 0.497 e. The Morgan fingerprint density at radius 1 is 1.47 bits per heavy atom. The Balaban J connectivity index is 2.64. The van der Waals surface area contributed by atoms with E-state index >= 15 is 0 Å². The van der Waals surface area contributed by atoms with Crippen LogP contribution in [0.2, 0.25) is 0 Å². The van der Waals surface area contributed by atoms with Gasteiger partial charge in [0, 0.05) is 12.5 Å². The highest BCUT2D eigenvalue weighted by atomic mass is 16.5. The maximum absolute atomic E-state index is 11.7. The molecule has 1 aromatic rings. The topological polar surface area (TPSA) is 64.3 Å². The number of rotatable bonds is 5. The first-order chi connectivity index (χ1) is 8.02. The van der Waals surface area contributed by atoms with Crippen molar-refractivity contribution in [1.29, 1.82) is 0 Å². The Morgan fingerprint density at radius 3 is 2.76 bits per heavy atom. The first-order valence-electron chi connectivity index (χ1n) is 5.76.